The molecule has 0 aliphatic carbocycles. The fraction of sp³-hybridized carbons (Fsp3) is 0.538. The molecule has 2 heterocycles. The van der Waals surface area contributed by atoms with Crippen LogP contribution in [0.4, 0.5) is 23.5 Å². The molecule has 1 fully saturated rings. The largest absolute Gasteiger partial charge is 0.392 e. The number of nitrogens with two attached hydrogens (primary N) is 1. The first-order valence-corrected chi connectivity index (χ1v) is 12.0. The molecule has 8 nitrogen and oxygen atoms in total. The number of rotatable bonds is 8. The standard InChI is InChI=1S/C26H40N8/c1-9-21(27)19-11-10-18(4)22(14-19)29-24-30-23(31-25(32-24)33(8)15-17(2)3)28-20-12-13-34(16-20)26(5,6)7/h10-11,14,17,20H,1,12-13,15-16,27H2,2-8H3,(H2,28,29,30,31,32). The lowest BCUT2D eigenvalue weighted by Crippen LogP contribution is -2.40. The number of hydrogen-bond acceptors (Lipinski definition) is 8. The maximum absolute atomic E-state index is 6.03. The highest BCUT2D eigenvalue weighted by molar-refractivity contribution is 5.70. The molecule has 0 radical (unpaired) electrons. The second-order valence-electron chi connectivity index (χ2n) is 10.5. The van der Waals surface area contributed by atoms with Crippen LogP contribution in [0.1, 0.15) is 52.2 Å². The van der Waals surface area contributed by atoms with Gasteiger partial charge >= 0.3 is 0 Å². The molecule has 8 heteroatoms. The van der Waals surface area contributed by atoms with Gasteiger partial charge < -0.3 is 21.3 Å². The Morgan fingerprint density at radius 1 is 1.26 bits per heavy atom. The Hall–Kier alpha value is -3.09. The average Bonchev–Trinajstić information content (AvgIpc) is 3.23. The van der Waals surface area contributed by atoms with Crippen LogP contribution in [-0.4, -0.2) is 58.1 Å². The van der Waals surface area contributed by atoms with Crippen molar-refractivity contribution in [2.75, 3.05) is 42.2 Å². The predicted molar refractivity (Wildman–Crippen MR) is 142 cm³/mol. The predicted octanol–water partition coefficient (Wildman–Crippen LogP) is 4.39. The number of aryl methyl sites for hydroxylation is 1. The van der Waals surface area contributed by atoms with Crippen LogP contribution in [0, 0.1) is 12.8 Å². The van der Waals surface area contributed by atoms with Crippen LogP contribution in [0.15, 0.2) is 30.5 Å². The van der Waals surface area contributed by atoms with Gasteiger partial charge in [0.2, 0.25) is 17.8 Å². The minimum absolute atomic E-state index is 0.148. The molecule has 2 aromatic rings. The van der Waals surface area contributed by atoms with Crippen LogP contribution in [0.3, 0.4) is 0 Å². The third-order valence-electron chi connectivity index (χ3n) is 6.06. The van der Waals surface area contributed by atoms with Crippen LogP contribution >= 0.6 is 0 Å². The molecule has 34 heavy (non-hydrogen) atoms. The molecule has 184 valence electrons. The fourth-order valence-electron chi connectivity index (χ4n) is 4.10. The van der Waals surface area contributed by atoms with Gasteiger partial charge in [0.1, 0.15) is 0 Å². The van der Waals surface area contributed by atoms with E-state index in [1.165, 1.54) is 0 Å². The number of aromatic nitrogens is 3. The van der Waals surface area contributed by atoms with E-state index in [2.05, 4.69) is 67.4 Å². The lowest BCUT2D eigenvalue weighted by Gasteiger charge is -2.31. The van der Waals surface area contributed by atoms with Gasteiger partial charge in [-0.15, -0.1) is 5.73 Å². The van der Waals surface area contributed by atoms with Crippen molar-refractivity contribution in [3.05, 3.63) is 41.6 Å². The van der Waals surface area contributed by atoms with Crippen molar-refractivity contribution in [1.29, 1.82) is 0 Å². The second kappa shape index (κ2) is 10.5. The van der Waals surface area contributed by atoms with E-state index in [-0.39, 0.29) is 5.54 Å². The first-order valence-electron chi connectivity index (χ1n) is 12.0. The van der Waals surface area contributed by atoms with Gasteiger partial charge in [0, 0.05) is 49.5 Å². The van der Waals surface area contributed by atoms with Crippen LogP contribution in [0.5, 0.6) is 0 Å². The third-order valence-corrected chi connectivity index (χ3v) is 6.06. The zero-order valence-electron chi connectivity index (χ0n) is 21.7. The van der Waals surface area contributed by atoms with E-state index in [1.807, 2.05) is 32.2 Å². The van der Waals surface area contributed by atoms with Gasteiger partial charge in [-0.2, -0.15) is 15.0 Å². The van der Waals surface area contributed by atoms with Crippen molar-refractivity contribution in [3.8, 4) is 0 Å². The number of nitrogens with one attached hydrogen (secondary N) is 2. The Labute approximate surface area is 204 Å². The zero-order valence-corrected chi connectivity index (χ0v) is 21.7. The van der Waals surface area contributed by atoms with Gasteiger partial charge in [0.15, 0.2) is 0 Å². The number of anilines is 4. The Morgan fingerprint density at radius 2 is 1.97 bits per heavy atom. The Bertz CT molecular complexity index is 1050. The van der Waals surface area contributed by atoms with E-state index in [0.717, 1.165) is 42.9 Å². The van der Waals surface area contributed by atoms with E-state index in [9.17, 15) is 0 Å². The highest BCUT2D eigenvalue weighted by Gasteiger charge is 2.30. The molecule has 3 rings (SSSR count). The molecule has 1 aliphatic rings. The van der Waals surface area contributed by atoms with E-state index >= 15 is 0 Å². The van der Waals surface area contributed by atoms with Gasteiger partial charge in [0.25, 0.3) is 0 Å². The van der Waals surface area contributed by atoms with Crippen molar-refractivity contribution in [2.45, 2.75) is 59.5 Å². The summed E-state index contributed by atoms with van der Waals surface area (Å²) in [5, 5.41) is 6.94. The molecular weight excluding hydrogens is 424 g/mol. The summed E-state index contributed by atoms with van der Waals surface area (Å²) in [4.78, 5) is 18.8. The maximum Gasteiger partial charge on any atom is 0.233 e. The summed E-state index contributed by atoms with van der Waals surface area (Å²) in [6.45, 7) is 19.7. The van der Waals surface area contributed by atoms with E-state index in [1.54, 1.807) is 0 Å². The smallest absolute Gasteiger partial charge is 0.233 e. The zero-order chi connectivity index (χ0) is 25.0. The summed E-state index contributed by atoms with van der Waals surface area (Å²) in [7, 11) is 2.02. The molecular formula is C26H40N8. The fourth-order valence-corrected chi connectivity index (χ4v) is 4.10. The van der Waals surface area contributed by atoms with Gasteiger partial charge in [-0.05, 0) is 51.7 Å². The first-order chi connectivity index (χ1) is 16.0. The normalized spacial score (nSPS) is 16.4. The number of benzene rings is 1. The van der Waals surface area contributed by atoms with E-state index < -0.39 is 0 Å². The van der Waals surface area contributed by atoms with Crippen molar-refractivity contribution in [3.63, 3.8) is 0 Å². The Kier molecular flexibility index (Phi) is 7.85. The number of nitrogens with zero attached hydrogens (tertiary/aromatic N) is 5. The summed E-state index contributed by atoms with van der Waals surface area (Å²) in [5.74, 6) is 2.20. The first kappa shape index (κ1) is 25.5. The summed E-state index contributed by atoms with van der Waals surface area (Å²) in [5.41, 5.74) is 12.2. The van der Waals surface area contributed by atoms with E-state index in [4.69, 9.17) is 20.7 Å². The molecule has 1 atom stereocenters. The van der Waals surface area contributed by atoms with Crippen LogP contribution in [0.25, 0.3) is 5.70 Å². The van der Waals surface area contributed by atoms with Gasteiger partial charge in [-0.1, -0.05) is 32.6 Å². The minimum atomic E-state index is 0.148. The van der Waals surface area contributed by atoms with Crippen LogP contribution in [0.2, 0.25) is 0 Å². The molecule has 0 saturated carbocycles. The Morgan fingerprint density at radius 3 is 2.59 bits per heavy atom. The average molecular weight is 465 g/mol. The van der Waals surface area contributed by atoms with Crippen molar-refractivity contribution >= 4 is 29.2 Å². The summed E-state index contributed by atoms with van der Waals surface area (Å²) in [6, 6.07) is 6.22. The van der Waals surface area contributed by atoms with Gasteiger partial charge in [-0.3, -0.25) is 4.90 Å². The summed E-state index contributed by atoms with van der Waals surface area (Å²) < 4.78 is 0. The molecule has 1 saturated heterocycles. The Balaban J connectivity index is 1.90. The van der Waals surface area contributed by atoms with Gasteiger partial charge in [0.05, 0.1) is 5.70 Å². The van der Waals surface area contributed by atoms with Gasteiger partial charge in [-0.25, -0.2) is 0 Å². The highest BCUT2D eigenvalue weighted by Crippen LogP contribution is 2.26. The molecule has 1 aromatic carbocycles. The molecule has 4 N–H and O–H groups in total. The third kappa shape index (κ3) is 6.49. The van der Waals surface area contributed by atoms with Crippen molar-refractivity contribution in [2.24, 2.45) is 11.7 Å². The molecule has 1 aliphatic heterocycles. The topological polar surface area (TPSA) is 95.2 Å². The molecule has 0 spiro atoms. The highest BCUT2D eigenvalue weighted by atomic mass is 15.3. The lowest BCUT2D eigenvalue weighted by atomic mass is 10.1. The summed E-state index contributed by atoms with van der Waals surface area (Å²) in [6.07, 6.45) is 1.05. The van der Waals surface area contributed by atoms with Crippen LogP contribution < -0.4 is 21.3 Å². The quantitative estimate of drug-likeness (QED) is 0.495. The second-order valence-corrected chi connectivity index (χ2v) is 10.5. The molecule has 1 unspecified atom stereocenters. The van der Waals surface area contributed by atoms with Crippen LogP contribution in [-0.2, 0) is 0 Å². The van der Waals surface area contributed by atoms with Crippen molar-refractivity contribution < 1.29 is 0 Å². The molecule has 0 amide bonds. The molecule has 0 bridgehead atoms. The number of likely N-dealkylation sites (tertiary alicyclic amines) is 1. The summed E-state index contributed by atoms with van der Waals surface area (Å²) >= 11 is 0. The lowest BCUT2D eigenvalue weighted by molar-refractivity contribution is 0.174. The SMILES string of the molecule is C=C=C(N)c1ccc(C)c(Nc2nc(NC3CCN(C(C)(C)C)C3)nc(N(C)CC(C)C)n2)c1. The minimum Gasteiger partial charge on any atom is -0.392 e. The maximum atomic E-state index is 6.03. The molecule has 1 aromatic heterocycles. The number of hydrogen-bond donors (Lipinski definition) is 3. The van der Waals surface area contributed by atoms with Crippen molar-refractivity contribution in [1.82, 2.24) is 19.9 Å². The monoisotopic (exact) mass is 464 g/mol. The van der Waals surface area contributed by atoms with E-state index in [0.29, 0.717) is 35.5 Å².